The van der Waals surface area contributed by atoms with Crippen molar-refractivity contribution in [2.45, 2.75) is 19.4 Å². The molecule has 1 aromatic rings. The minimum atomic E-state index is 0.408. The maximum absolute atomic E-state index is 8.18. The molecule has 0 aliphatic rings. The van der Waals surface area contributed by atoms with E-state index in [1.54, 1.807) is 0 Å². The molecule has 4 nitrogen and oxygen atoms in total. The van der Waals surface area contributed by atoms with Crippen molar-refractivity contribution in [3.8, 4) is 0 Å². The first kappa shape index (κ1) is 9.58. The summed E-state index contributed by atoms with van der Waals surface area (Å²) in [7, 11) is 0. The largest absolute Gasteiger partial charge is 0.355 e. The quantitative estimate of drug-likeness (QED) is 0.415. The van der Waals surface area contributed by atoms with Crippen molar-refractivity contribution in [1.29, 1.82) is 0 Å². The first-order valence-corrected chi connectivity index (χ1v) is 4.19. The van der Waals surface area contributed by atoms with Gasteiger partial charge in [0.05, 0.1) is 6.04 Å². The van der Waals surface area contributed by atoms with Crippen molar-refractivity contribution in [2.75, 3.05) is 0 Å². The van der Waals surface area contributed by atoms with Crippen LogP contribution in [0.15, 0.2) is 29.4 Å². The molecular weight excluding hydrogens is 164 g/mol. The van der Waals surface area contributed by atoms with Gasteiger partial charge in [0.25, 0.3) is 0 Å². The minimum absolute atomic E-state index is 0.408. The van der Waals surface area contributed by atoms with E-state index in [9.17, 15) is 0 Å². The van der Waals surface area contributed by atoms with Crippen molar-refractivity contribution in [2.24, 2.45) is 5.11 Å². The average molecular weight is 177 g/mol. The van der Waals surface area contributed by atoms with Crippen LogP contribution in [0.2, 0.25) is 0 Å². The van der Waals surface area contributed by atoms with Crippen LogP contribution >= 0.6 is 0 Å². The van der Waals surface area contributed by atoms with Crippen molar-refractivity contribution in [1.82, 2.24) is 0 Å². The maximum Gasteiger partial charge on any atom is 0.0855 e. The van der Waals surface area contributed by atoms with Crippen LogP contribution in [-0.2, 0) is 6.42 Å². The monoisotopic (exact) mass is 177 g/mol. The number of azide groups is 1. The standard InChI is InChI=1S/C9H12N4/c1-7(10)6-8-2-4-9(5-3-8)12-13-11/h2-5,7H,6,10H2,1H3/p+1/t7-/m1/s1. The summed E-state index contributed by atoms with van der Waals surface area (Å²) in [5.74, 6) is 0. The highest BCUT2D eigenvalue weighted by Gasteiger charge is 1.99. The lowest BCUT2D eigenvalue weighted by Gasteiger charge is -2.01. The number of nitrogens with zero attached hydrogens (tertiary/aromatic N) is 3. The van der Waals surface area contributed by atoms with Crippen LogP contribution < -0.4 is 5.73 Å². The summed E-state index contributed by atoms with van der Waals surface area (Å²) < 4.78 is 0. The van der Waals surface area contributed by atoms with Gasteiger partial charge in [0.1, 0.15) is 0 Å². The van der Waals surface area contributed by atoms with Crippen molar-refractivity contribution in [3.63, 3.8) is 0 Å². The van der Waals surface area contributed by atoms with E-state index < -0.39 is 0 Å². The molecule has 1 rings (SSSR count). The highest BCUT2D eigenvalue weighted by molar-refractivity contribution is 5.38. The molecule has 0 amide bonds. The zero-order valence-electron chi connectivity index (χ0n) is 7.64. The van der Waals surface area contributed by atoms with E-state index in [2.05, 4.69) is 22.7 Å². The Kier molecular flexibility index (Phi) is 3.31. The fraction of sp³-hybridized carbons (Fsp3) is 0.333. The van der Waals surface area contributed by atoms with Gasteiger partial charge >= 0.3 is 0 Å². The third-order valence-electron chi connectivity index (χ3n) is 1.68. The molecule has 0 heterocycles. The molecular formula is C9H13N4+. The highest BCUT2D eigenvalue weighted by Crippen LogP contribution is 2.13. The number of hydrogen-bond donors (Lipinski definition) is 1. The van der Waals surface area contributed by atoms with Crippen molar-refractivity contribution < 1.29 is 5.73 Å². The Morgan fingerprint density at radius 3 is 2.54 bits per heavy atom. The van der Waals surface area contributed by atoms with E-state index in [1.165, 1.54) is 5.56 Å². The lowest BCUT2D eigenvalue weighted by molar-refractivity contribution is -0.413. The number of hydrogen-bond acceptors (Lipinski definition) is 1. The zero-order chi connectivity index (χ0) is 9.68. The van der Waals surface area contributed by atoms with Crippen LogP contribution in [0, 0.1) is 0 Å². The molecule has 0 aliphatic carbocycles. The maximum atomic E-state index is 8.18. The Balaban J connectivity index is 2.75. The summed E-state index contributed by atoms with van der Waals surface area (Å²) in [6.07, 6.45) is 0.955. The van der Waals surface area contributed by atoms with E-state index in [0.29, 0.717) is 11.7 Å². The smallest absolute Gasteiger partial charge is 0.0855 e. The number of benzene rings is 1. The Hall–Kier alpha value is -1.51. The predicted octanol–water partition coefficient (Wildman–Crippen LogP) is 1.80. The van der Waals surface area contributed by atoms with Gasteiger partial charge in [-0.05, 0) is 18.0 Å². The van der Waals surface area contributed by atoms with E-state index in [4.69, 9.17) is 5.53 Å². The van der Waals surface area contributed by atoms with Crippen molar-refractivity contribution in [3.05, 3.63) is 40.3 Å². The second-order valence-electron chi connectivity index (χ2n) is 3.17. The third kappa shape index (κ3) is 3.15. The Labute approximate surface area is 77.0 Å². The Morgan fingerprint density at radius 1 is 1.46 bits per heavy atom. The second-order valence-corrected chi connectivity index (χ2v) is 3.17. The molecule has 0 fully saturated rings. The molecule has 0 bridgehead atoms. The minimum Gasteiger partial charge on any atom is -0.355 e. The third-order valence-corrected chi connectivity index (χ3v) is 1.68. The van der Waals surface area contributed by atoms with Gasteiger partial charge < -0.3 is 5.73 Å². The molecule has 3 N–H and O–H groups in total. The first-order valence-electron chi connectivity index (χ1n) is 4.19. The Bertz CT molecular complexity index is 309. The number of rotatable bonds is 3. The molecule has 0 radical (unpaired) electrons. The molecule has 0 spiro atoms. The van der Waals surface area contributed by atoms with E-state index in [1.807, 2.05) is 24.3 Å². The molecule has 4 heteroatoms. The van der Waals surface area contributed by atoms with Crippen LogP contribution in [0.5, 0.6) is 0 Å². The van der Waals surface area contributed by atoms with Gasteiger partial charge in [0.15, 0.2) is 0 Å². The fourth-order valence-electron chi connectivity index (χ4n) is 1.15. The first-order chi connectivity index (χ1) is 6.22. The normalized spacial score (nSPS) is 11.8. The molecule has 0 saturated heterocycles. The van der Waals surface area contributed by atoms with Gasteiger partial charge in [-0.3, -0.25) is 0 Å². The fourth-order valence-corrected chi connectivity index (χ4v) is 1.15. The highest BCUT2D eigenvalue weighted by atomic mass is 15.1. The summed E-state index contributed by atoms with van der Waals surface area (Å²) in [6, 6.07) is 7.97. The van der Waals surface area contributed by atoms with Crippen LogP contribution in [0.4, 0.5) is 5.69 Å². The summed E-state index contributed by atoms with van der Waals surface area (Å²) in [5, 5.41) is 3.49. The lowest BCUT2D eigenvalue weighted by atomic mass is 10.1. The van der Waals surface area contributed by atoms with Crippen LogP contribution in [0.25, 0.3) is 10.4 Å². The molecule has 68 valence electrons. The average Bonchev–Trinajstić information content (AvgIpc) is 2.08. The molecule has 0 unspecified atom stereocenters. The van der Waals surface area contributed by atoms with Gasteiger partial charge in [-0.2, -0.15) is 0 Å². The van der Waals surface area contributed by atoms with E-state index in [0.717, 1.165) is 6.42 Å². The van der Waals surface area contributed by atoms with Crippen LogP contribution in [-0.4, -0.2) is 6.04 Å². The van der Waals surface area contributed by atoms with Crippen molar-refractivity contribution >= 4 is 5.69 Å². The van der Waals surface area contributed by atoms with E-state index >= 15 is 0 Å². The molecule has 0 saturated carbocycles. The molecule has 13 heavy (non-hydrogen) atoms. The summed E-state index contributed by atoms with van der Waals surface area (Å²) in [5.41, 5.74) is 14.0. The lowest BCUT2D eigenvalue weighted by Crippen LogP contribution is -2.60. The number of quaternary nitrogens is 1. The molecule has 1 atom stereocenters. The summed E-state index contributed by atoms with van der Waals surface area (Å²) in [6.45, 7) is 2.07. The Morgan fingerprint density at radius 2 is 2.08 bits per heavy atom. The summed E-state index contributed by atoms with van der Waals surface area (Å²) in [4.78, 5) is 2.71. The molecule has 1 aromatic carbocycles. The van der Waals surface area contributed by atoms with Gasteiger partial charge in [-0.25, -0.2) is 0 Å². The van der Waals surface area contributed by atoms with Gasteiger partial charge in [-0.1, -0.05) is 29.4 Å². The molecule has 0 aromatic heterocycles. The van der Waals surface area contributed by atoms with Gasteiger partial charge in [0.2, 0.25) is 0 Å². The molecule has 0 aliphatic heterocycles. The van der Waals surface area contributed by atoms with Crippen LogP contribution in [0.1, 0.15) is 12.5 Å². The zero-order valence-corrected chi connectivity index (χ0v) is 7.64. The van der Waals surface area contributed by atoms with Gasteiger partial charge in [0, 0.05) is 17.0 Å². The van der Waals surface area contributed by atoms with E-state index in [-0.39, 0.29) is 0 Å². The van der Waals surface area contributed by atoms with Gasteiger partial charge in [-0.15, -0.1) is 0 Å². The topological polar surface area (TPSA) is 76.4 Å². The predicted molar refractivity (Wildman–Crippen MR) is 51.3 cm³/mol. The second kappa shape index (κ2) is 4.50. The summed E-state index contributed by atoms with van der Waals surface area (Å²) >= 11 is 0. The van der Waals surface area contributed by atoms with Crippen LogP contribution in [0.3, 0.4) is 0 Å². The SMILES string of the molecule is C[C@@H]([NH3+])Cc1ccc(N=[N+]=[N-])cc1.